The average molecular weight is 644 g/mol. The second-order valence-electron chi connectivity index (χ2n) is 14.2. The first kappa shape index (κ1) is 34.0. The molecule has 1 amide bonds. The lowest BCUT2D eigenvalue weighted by atomic mass is 9.77. The first-order chi connectivity index (χ1) is 21.9. The maximum Gasteiger partial charge on any atom is 0.307 e. The van der Waals surface area contributed by atoms with Gasteiger partial charge in [-0.3, -0.25) is 9.59 Å². The molecule has 11 heteroatoms. The molecule has 2 aliphatic heterocycles. The monoisotopic (exact) mass is 643 g/mol. The third kappa shape index (κ3) is 6.69. The number of rotatable bonds is 4. The molecule has 5 rings (SSSR count). The molecule has 1 aromatic heterocycles. The largest absolute Gasteiger partial charge is 0.497 e. The molecule has 9 nitrogen and oxygen atoms in total. The van der Waals surface area contributed by atoms with Crippen LogP contribution in [0.4, 0.5) is 8.78 Å². The van der Waals surface area contributed by atoms with Gasteiger partial charge in [0.1, 0.15) is 23.8 Å². The van der Waals surface area contributed by atoms with Crippen LogP contribution in [-0.2, 0) is 25.5 Å². The fraction of sp³-hybridized carbons (Fsp3) is 0.686. The minimum Gasteiger partial charge on any atom is -0.497 e. The van der Waals surface area contributed by atoms with E-state index in [2.05, 4.69) is 0 Å². The van der Waals surface area contributed by atoms with Gasteiger partial charge in [-0.15, -0.1) is 0 Å². The highest BCUT2D eigenvalue weighted by Crippen LogP contribution is 2.47. The first-order valence-corrected chi connectivity index (χ1v) is 16.7. The Morgan fingerprint density at radius 3 is 2.54 bits per heavy atom. The zero-order valence-electron chi connectivity index (χ0n) is 27.6. The molecule has 0 unspecified atom stereocenters. The molecule has 0 spiro atoms. The van der Waals surface area contributed by atoms with Gasteiger partial charge in [0.2, 0.25) is 11.8 Å². The van der Waals surface area contributed by atoms with Gasteiger partial charge in [-0.1, -0.05) is 40.5 Å². The van der Waals surface area contributed by atoms with Crippen molar-refractivity contribution in [3.63, 3.8) is 0 Å². The van der Waals surface area contributed by atoms with Gasteiger partial charge in [0.05, 0.1) is 43.1 Å². The quantitative estimate of drug-likeness (QED) is 0.281. The molecule has 3 heterocycles. The lowest BCUT2D eigenvalue weighted by Gasteiger charge is -2.37. The molecule has 0 N–H and O–H groups in total. The average Bonchev–Trinajstić information content (AvgIpc) is 3.59. The second kappa shape index (κ2) is 13.8. The number of benzene rings is 1. The van der Waals surface area contributed by atoms with Gasteiger partial charge in [-0.2, -0.15) is 0 Å². The fourth-order valence-electron chi connectivity index (χ4n) is 7.70. The summed E-state index contributed by atoms with van der Waals surface area (Å²) in [6, 6.07) is 4.67. The number of alkyl halides is 2. The van der Waals surface area contributed by atoms with E-state index in [-0.39, 0.29) is 25.3 Å². The Morgan fingerprint density at radius 2 is 1.87 bits per heavy atom. The van der Waals surface area contributed by atoms with Crippen molar-refractivity contribution in [2.24, 2.45) is 23.2 Å². The van der Waals surface area contributed by atoms with E-state index in [0.29, 0.717) is 66.9 Å². The Bertz CT molecular complexity index is 1430. The molecular formula is C35H47F2N3O6. The number of hydrogen-bond donors (Lipinski definition) is 0. The molecule has 1 saturated carbocycles. The summed E-state index contributed by atoms with van der Waals surface area (Å²) in [5, 5.41) is 0. The zero-order chi connectivity index (χ0) is 33.2. The first-order valence-electron chi connectivity index (χ1n) is 16.7. The van der Waals surface area contributed by atoms with Gasteiger partial charge in [-0.05, 0) is 62.5 Å². The number of nitrogens with zero attached hydrogens (tertiary/aromatic N) is 3. The Morgan fingerprint density at radius 1 is 1.11 bits per heavy atom. The highest BCUT2D eigenvalue weighted by Gasteiger charge is 2.54. The number of halogens is 2. The van der Waals surface area contributed by atoms with Crippen LogP contribution in [0.15, 0.2) is 18.2 Å². The molecule has 1 aromatic carbocycles. The summed E-state index contributed by atoms with van der Waals surface area (Å²) < 4.78 is 47.2. The summed E-state index contributed by atoms with van der Waals surface area (Å²) in [5.74, 6) is -1.88. The van der Waals surface area contributed by atoms with Crippen molar-refractivity contribution < 1.29 is 37.4 Å². The normalized spacial score (nSPS) is 29.8. The predicted molar refractivity (Wildman–Crippen MR) is 168 cm³/mol. The summed E-state index contributed by atoms with van der Waals surface area (Å²) in [4.78, 5) is 51.5. The molecule has 2 aromatic rings. The lowest BCUT2D eigenvalue weighted by molar-refractivity contribution is -0.190. The standard InChI is InChI=1S/C35H47F2N3O6/c1-6-23-28(20-41)40-19-29(23)45-31-26(38-25-15-14-22(44-5)17-27(25)39-31)13-9-7-8-11-21-12-10-16-35(21,33(36)37)46-30(42)18-24(32(40)43)34(2,3)4/h14-15,17,20-21,23-24,28-29,33H,6-13,16,18-19H2,1-5H3/t21-,23+,24-,28-,29+,35-/m1/s1. The van der Waals surface area contributed by atoms with E-state index in [0.717, 1.165) is 19.1 Å². The maximum absolute atomic E-state index is 14.8. The second-order valence-corrected chi connectivity index (χ2v) is 14.2. The van der Waals surface area contributed by atoms with Crippen LogP contribution in [0.5, 0.6) is 11.6 Å². The predicted octanol–water partition coefficient (Wildman–Crippen LogP) is 6.34. The molecule has 252 valence electrons. The highest BCUT2D eigenvalue weighted by atomic mass is 19.3. The highest BCUT2D eigenvalue weighted by molar-refractivity contribution is 5.87. The van der Waals surface area contributed by atoms with Crippen LogP contribution in [0.2, 0.25) is 0 Å². The van der Waals surface area contributed by atoms with Crippen LogP contribution < -0.4 is 9.47 Å². The molecule has 6 atom stereocenters. The van der Waals surface area contributed by atoms with E-state index in [1.54, 1.807) is 13.2 Å². The van der Waals surface area contributed by atoms with Crippen molar-refractivity contribution in [3.05, 3.63) is 23.9 Å². The summed E-state index contributed by atoms with van der Waals surface area (Å²) in [7, 11) is 1.58. The van der Waals surface area contributed by atoms with E-state index in [9.17, 15) is 23.2 Å². The molecule has 1 aliphatic carbocycles. The molecule has 46 heavy (non-hydrogen) atoms. The number of aryl methyl sites for hydroxylation is 1. The van der Waals surface area contributed by atoms with Crippen LogP contribution in [0.25, 0.3) is 11.0 Å². The molecule has 3 aliphatic rings. The smallest absolute Gasteiger partial charge is 0.307 e. The molecule has 2 bridgehead atoms. The fourth-order valence-corrected chi connectivity index (χ4v) is 7.70. The van der Waals surface area contributed by atoms with Crippen LogP contribution >= 0.6 is 0 Å². The molecule has 0 radical (unpaired) electrons. The van der Waals surface area contributed by atoms with Gasteiger partial charge in [0.25, 0.3) is 6.43 Å². The summed E-state index contributed by atoms with van der Waals surface area (Å²) in [6.07, 6.45) is 2.09. The van der Waals surface area contributed by atoms with Gasteiger partial charge in [0.15, 0.2) is 5.60 Å². The number of esters is 1. The van der Waals surface area contributed by atoms with E-state index >= 15 is 0 Å². The number of fused-ring (bicyclic) bond motifs is 5. The zero-order valence-corrected chi connectivity index (χ0v) is 27.6. The van der Waals surface area contributed by atoms with Gasteiger partial charge in [-0.25, -0.2) is 18.7 Å². The Balaban J connectivity index is 1.56. The summed E-state index contributed by atoms with van der Waals surface area (Å²) in [5.41, 5.74) is -0.605. The van der Waals surface area contributed by atoms with Crippen molar-refractivity contribution in [1.29, 1.82) is 0 Å². The Kier molecular flexibility index (Phi) is 10.2. The van der Waals surface area contributed by atoms with Crippen LogP contribution in [0.1, 0.15) is 91.2 Å². The number of hydrogen-bond acceptors (Lipinski definition) is 8. The number of aldehydes is 1. The number of ether oxygens (including phenoxy) is 3. The SMILES string of the molecule is CC[C@@H]1[C@@H]2CN(C(=O)[C@H](C(C)(C)C)CC(=O)O[C@]3(C(F)F)CCC[C@H]3CCCCCc3nc4ccc(OC)cc4nc3O2)[C@@H]1C=O. The molecule has 2 fully saturated rings. The number of methoxy groups -OCH3 is 1. The maximum atomic E-state index is 14.8. The number of carbonyl (C=O) groups excluding carboxylic acids is 3. The van der Waals surface area contributed by atoms with Crippen LogP contribution in [-0.4, -0.2) is 70.9 Å². The van der Waals surface area contributed by atoms with Crippen molar-refractivity contribution in [2.75, 3.05) is 13.7 Å². The Labute approximate surface area is 269 Å². The third-order valence-corrected chi connectivity index (χ3v) is 10.4. The summed E-state index contributed by atoms with van der Waals surface area (Å²) >= 11 is 0. The van der Waals surface area contributed by atoms with Gasteiger partial charge in [0, 0.05) is 17.9 Å². The topological polar surface area (TPSA) is 108 Å². The van der Waals surface area contributed by atoms with E-state index in [1.807, 2.05) is 39.8 Å². The third-order valence-electron chi connectivity index (χ3n) is 10.4. The van der Waals surface area contributed by atoms with E-state index < -0.39 is 53.3 Å². The minimum absolute atomic E-state index is 0.104. The van der Waals surface area contributed by atoms with Crippen molar-refractivity contribution in [3.8, 4) is 11.6 Å². The van der Waals surface area contributed by atoms with Crippen molar-refractivity contribution >= 4 is 29.2 Å². The number of aromatic nitrogens is 2. The number of carbonyl (C=O) groups is 3. The van der Waals surface area contributed by atoms with Gasteiger partial charge < -0.3 is 23.9 Å². The molecular weight excluding hydrogens is 596 g/mol. The van der Waals surface area contributed by atoms with E-state index in [4.69, 9.17) is 24.2 Å². The Hall–Kier alpha value is -3.37. The van der Waals surface area contributed by atoms with Crippen LogP contribution in [0.3, 0.4) is 0 Å². The van der Waals surface area contributed by atoms with E-state index in [1.165, 1.54) is 4.90 Å². The summed E-state index contributed by atoms with van der Waals surface area (Å²) in [6.45, 7) is 7.55. The van der Waals surface area contributed by atoms with Crippen LogP contribution in [0, 0.1) is 23.2 Å². The lowest BCUT2D eigenvalue weighted by Crippen LogP contribution is -2.48. The number of amides is 1. The van der Waals surface area contributed by atoms with Crippen molar-refractivity contribution in [2.45, 2.75) is 116 Å². The van der Waals surface area contributed by atoms with Gasteiger partial charge >= 0.3 is 5.97 Å². The van der Waals surface area contributed by atoms with Crippen molar-refractivity contribution in [1.82, 2.24) is 14.9 Å². The minimum atomic E-state index is -2.83. The molecule has 1 saturated heterocycles.